The van der Waals surface area contributed by atoms with E-state index in [1.807, 2.05) is 30.5 Å². The molecule has 21 heavy (non-hydrogen) atoms. The van der Waals surface area contributed by atoms with Gasteiger partial charge in [-0.1, -0.05) is 40.0 Å². The molecule has 2 aliphatic rings. The van der Waals surface area contributed by atoms with E-state index in [1.54, 1.807) is 0 Å². The Kier molecular flexibility index (Phi) is 5.58. The molecule has 0 radical (unpaired) electrons. The van der Waals surface area contributed by atoms with Gasteiger partial charge in [0.15, 0.2) is 0 Å². The van der Waals surface area contributed by atoms with Crippen molar-refractivity contribution < 1.29 is 9.59 Å². The number of piperazine rings is 1. The third-order valence-corrected chi connectivity index (χ3v) is 5.54. The maximum absolute atomic E-state index is 13.1. The molecule has 1 spiro atoms. The lowest BCUT2D eigenvalue weighted by molar-refractivity contribution is -0.158. The quantitative estimate of drug-likeness (QED) is 0.793. The lowest BCUT2D eigenvalue weighted by Crippen LogP contribution is -2.72. The highest BCUT2D eigenvalue weighted by Gasteiger charge is 2.51. The Balaban J connectivity index is 2.20. The van der Waals surface area contributed by atoms with Gasteiger partial charge in [-0.25, -0.2) is 0 Å². The molecule has 1 atom stereocenters. The summed E-state index contributed by atoms with van der Waals surface area (Å²) in [6.45, 7) is 6.86. The van der Waals surface area contributed by atoms with Crippen LogP contribution in [0.15, 0.2) is 0 Å². The van der Waals surface area contributed by atoms with E-state index in [2.05, 4.69) is 12.2 Å². The van der Waals surface area contributed by atoms with Gasteiger partial charge in [0.2, 0.25) is 11.8 Å². The van der Waals surface area contributed by atoms with Crippen molar-refractivity contribution in [1.29, 1.82) is 0 Å². The van der Waals surface area contributed by atoms with Crippen LogP contribution in [0, 0.1) is 5.92 Å². The topological polar surface area (TPSA) is 49.4 Å². The number of amides is 2. The van der Waals surface area contributed by atoms with Gasteiger partial charge in [-0.05, 0) is 24.5 Å². The first-order chi connectivity index (χ1) is 10.0. The second-order valence-corrected chi connectivity index (χ2v) is 7.91. The van der Waals surface area contributed by atoms with Crippen LogP contribution in [0.4, 0.5) is 0 Å². The molecule has 0 bridgehead atoms. The number of nitrogens with one attached hydrogen (secondary N) is 1. The lowest BCUT2D eigenvalue weighted by Gasteiger charge is -2.48. The Morgan fingerprint density at radius 3 is 2.52 bits per heavy atom. The molecule has 2 fully saturated rings. The molecule has 1 N–H and O–H groups in total. The predicted octanol–water partition coefficient (Wildman–Crippen LogP) is 2.43. The summed E-state index contributed by atoms with van der Waals surface area (Å²) in [5.41, 5.74) is -0.600. The third kappa shape index (κ3) is 3.38. The fourth-order valence-corrected chi connectivity index (χ4v) is 4.23. The average molecular weight is 312 g/mol. The van der Waals surface area contributed by atoms with Crippen LogP contribution in [0.2, 0.25) is 0 Å². The zero-order chi connectivity index (χ0) is 15.5. The Bertz CT molecular complexity index is 392. The maximum Gasteiger partial charge on any atom is 0.249 e. The summed E-state index contributed by atoms with van der Waals surface area (Å²) < 4.78 is 0. The van der Waals surface area contributed by atoms with Crippen molar-refractivity contribution in [3.63, 3.8) is 0 Å². The molecular weight excluding hydrogens is 284 g/mol. The van der Waals surface area contributed by atoms with Crippen LogP contribution in [0.5, 0.6) is 0 Å². The van der Waals surface area contributed by atoms with E-state index in [4.69, 9.17) is 0 Å². The van der Waals surface area contributed by atoms with Crippen LogP contribution in [0.1, 0.15) is 52.9 Å². The molecule has 4 nitrogen and oxygen atoms in total. The van der Waals surface area contributed by atoms with E-state index < -0.39 is 5.54 Å². The zero-order valence-electron chi connectivity index (χ0n) is 13.5. The van der Waals surface area contributed by atoms with Crippen molar-refractivity contribution in [3.05, 3.63) is 0 Å². The van der Waals surface area contributed by atoms with E-state index >= 15 is 0 Å². The average Bonchev–Trinajstić information content (AvgIpc) is 2.45. The minimum absolute atomic E-state index is 0.0491. The molecule has 2 rings (SSSR count). The first kappa shape index (κ1) is 16.7. The van der Waals surface area contributed by atoms with E-state index in [0.29, 0.717) is 6.54 Å². The van der Waals surface area contributed by atoms with Crippen molar-refractivity contribution in [2.75, 3.05) is 18.1 Å². The standard InChI is InChI=1S/C16H28N2O2S/c1-4-21-11-10-18-13(12(2)3)14(19)17-16(15(18)20)8-6-5-7-9-16/h12-13H,4-11H2,1-3H3,(H,17,19). The van der Waals surface area contributed by atoms with Crippen LogP contribution < -0.4 is 5.32 Å². The van der Waals surface area contributed by atoms with E-state index in [-0.39, 0.29) is 23.8 Å². The number of thioether (sulfide) groups is 1. The van der Waals surface area contributed by atoms with Gasteiger partial charge in [0.05, 0.1) is 0 Å². The number of carbonyl (C=O) groups is 2. The molecule has 1 aliphatic heterocycles. The van der Waals surface area contributed by atoms with Gasteiger partial charge in [0.25, 0.3) is 0 Å². The van der Waals surface area contributed by atoms with Crippen molar-refractivity contribution >= 4 is 23.6 Å². The normalized spacial score (nSPS) is 25.5. The first-order valence-corrected chi connectivity index (χ1v) is 9.38. The summed E-state index contributed by atoms with van der Waals surface area (Å²) in [4.78, 5) is 27.5. The molecule has 0 aromatic heterocycles. The minimum Gasteiger partial charge on any atom is -0.340 e. The number of carbonyl (C=O) groups excluding carboxylic acids is 2. The fourth-order valence-electron chi connectivity index (χ4n) is 3.61. The van der Waals surface area contributed by atoms with Crippen LogP contribution in [-0.2, 0) is 9.59 Å². The highest BCUT2D eigenvalue weighted by atomic mass is 32.2. The zero-order valence-corrected chi connectivity index (χ0v) is 14.3. The van der Waals surface area contributed by atoms with Crippen molar-refractivity contribution in [2.24, 2.45) is 5.92 Å². The van der Waals surface area contributed by atoms with Gasteiger partial charge in [-0.3, -0.25) is 9.59 Å². The number of hydrogen-bond acceptors (Lipinski definition) is 3. The van der Waals surface area contributed by atoms with Crippen molar-refractivity contribution in [2.45, 2.75) is 64.5 Å². The largest absolute Gasteiger partial charge is 0.340 e. The monoisotopic (exact) mass is 312 g/mol. The molecule has 2 amide bonds. The fraction of sp³-hybridized carbons (Fsp3) is 0.875. The molecule has 1 saturated carbocycles. The summed E-state index contributed by atoms with van der Waals surface area (Å²) in [6.07, 6.45) is 4.86. The first-order valence-electron chi connectivity index (χ1n) is 8.22. The molecule has 1 unspecified atom stereocenters. The predicted molar refractivity (Wildman–Crippen MR) is 87.3 cm³/mol. The summed E-state index contributed by atoms with van der Waals surface area (Å²) in [6, 6.07) is -0.303. The van der Waals surface area contributed by atoms with Gasteiger partial charge in [-0.15, -0.1) is 0 Å². The van der Waals surface area contributed by atoms with E-state index in [1.165, 1.54) is 6.42 Å². The van der Waals surface area contributed by atoms with Crippen LogP contribution in [0.3, 0.4) is 0 Å². The highest BCUT2D eigenvalue weighted by Crippen LogP contribution is 2.34. The lowest BCUT2D eigenvalue weighted by atomic mass is 9.77. The number of nitrogens with zero attached hydrogens (tertiary/aromatic N) is 1. The van der Waals surface area contributed by atoms with Gasteiger partial charge in [0, 0.05) is 12.3 Å². The molecule has 5 heteroatoms. The summed E-state index contributed by atoms with van der Waals surface area (Å²) in [5.74, 6) is 2.33. The number of rotatable bonds is 5. The third-order valence-electron chi connectivity index (χ3n) is 4.66. The SMILES string of the molecule is CCSCCN1C(=O)C2(CCCCC2)NC(=O)C1C(C)C. The number of hydrogen-bond donors (Lipinski definition) is 1. The molecule has 0 aromatic carbocycles. The van der Waals surface area contributed by atoms with E-state index in [0.717, 1.165) is 37.2 Å². The second kappa shape index (κ2) is 7.03. The van der Waals surface area contributed by atoms with Gasteiger partial charge in [-0.2, -0.15) is 11.8 Å². The Labute approximate surface area is 132 Å². The Morgan fingerprint density at radius 1 is 1.29 bits per heavy atom. The van der Waals surface area contributed by atoms with Crippen LogP contribution >= 0.6 is 11.8 Å². The second-order valence-electron chi connectivity index (χ2n) is 6.52. The molecule has 1 aliphatic carbocycles. The van der Waals surface area contributed by atoms with Gasteiger partial charge < -0.3 is 10.2 Å². The maximum atomic E-state index is 13.1. The van der Waals surface area contributed by atoms with E-state index in [9.17, 15) is 9.59 Å². The smallest absolute Gasteiger partial charge is 0.249 e. The van der Waals surface area contributed by atoms with Crippen molar-refractivity contribution in [1.82, 2.24) is 10.2 Å². The van der Waals surface area contributed by atoms with Crippen molar-refractivity contribution in [3.8, 4) is 0 Å². The highest BCUT2D eigenvalue weighted by molar-refractivity contribution is 7.99. The van der Waals surface area contributed by atoms with Crippen LogP contribution in [0.25, 0.3) is 0 Å². The molecule has 1 heterocycles. The minimum atomic E-state index is -0.600. The summed E-state index contributed by atoms with van der Waals surface area (Å²) in [5, 5.41) is 3.10. The Hall–Kier alpha value is -0.710. The summed E-state index contributed by atoms with van der Waals surface area (Å²) >= 11 is 1.83. The van der Waals surface area contributed by atoms with Gasteiger partial charge >= 0.3 is 0 Å². The van der Waals surface area contributed by atoms with Gasteiger partial charge in [0.1, 0.15) is 11.6 Å². The molecular formula is C16H28N2O2S. The molecule has 0 aromatic rings. The molecule has 120 valence electrons. The summed E-state index contributed by atoms with van der Waals surface area (Å²) in [7, 11) is 0. The van der Waals surface area contributed by atoms with Crippen LogP contribution in [-0.4, -0.2) is 46.3 Å². The molecule has 1 saturated heterocycles. The Morgan fingerprint density at radius 2 is 1.95 bits per heavy atom.